The van der Waals surface area contributed by atoms with Crippen molar-refractivity contribution in [2.75, 3.05) is 18.6 Å². The maximum atomic E-state index is 13.7. The number of thiazole rings is 1. The molecule has 1 amide bonds. The Morgan fingerprint density at radius 2 is 1.86 bits per heavy atom. The van der Waals surface area contributed by atoms with Gasteiger partial charge in [0.15, 0.2) is 5.13 Å². The Morgan fingerprint density at radius 1 is 1.16 bits per heavy atom. The topological polar surface area (TPSA) is 106 Å². The summed E-state index contributed by atoms with van der Waals surface area (Å²) in [7, 11) is 1.23. The number of aliphatic hydroxyl groups is 1. The third-order valence-electron chi connectivity index (χ3n) is 5.90. The molecule has 1 fully saturated rings. The molecule has 1 atom stereocenters. The van der Waals surface area contributed by atoms with Gasteiger partial charge < -0.3 is 14.6 Å². The minimum atomic E-state index is -1.10. The molecule has 4 rings (SSSR count). The van der Waals surface area contributed by atoms with Crippen LogP contribution in [0.3, 0.4) is 0 Å². The van der Waals surface area contributed by atoms with E-state index in [-0.39, 0.29) is 21.3 Å². The Hall–Kier alpha value is -4.05. The zero-order valence-electron chi connectivity index (χ0n) is 20.7. The molecular formula is C27H25FN2O6S. The number of ether oxygens (including phenoxy) is 2. The lowest BCUT2D eigenvalue weighted by molar-refractivity contribution is -0.132. The van der Waals surface area contributed by atoms with Crippen molar-refractivity contribution in [2.24, 2.45) is 0 Å². The van der Waals surface area contributed by atoms with Crippen LogP contribution in [0.1, 0.15) is 51.4 Å². The van der Waals surface area contributed by atoms with Gasteiger partial charge in [0.2, 0.25) is 0 Å². The lowest BCUT2D eigenvalue weighted by Crippen LogP contribution is -2.29. The summed E-state index contributed by atoms with van der Waals surface area (Å²) >= 11 is 0.891. The number of hydrogen-bond donors (Lipinski definition) is 1. The number of esters is 1. The average molecular weight is 525 g/mol. The minimum Gasteiger partial charge on any atom is -0.507 e. The molecule has 0 bridgehead atoms. The SMILES string of the molecule is CCCOc1ccc(C(O)=C2C(=O)C(=O)N(c3nc(C)c(C(=O)OC)s3)[C@H]2c2ccc(F)cc2)cc1C. The highest BCUT2D eigenvalue weighted by atomic mass is 32.1. The quantitative estimate of drug-likeness (QED) is 0.198. The molecule has 1 saturated heterocycles. The van der Waals surface area contributed by atoms with Gasteiger partial charge in [-0.25, -0.2) is 14.2 Å². The number of anilines is 1. The number of amides is 1. The molecule has 0 radical (unpaired) electrons. The first-order chi connectivity index (χ1) is 17.7. The number of aryl methyl sites for hydroxylation is 2. The molecule has 2 aromatic carbocycles. The first-order valence-corrected chi connectivity index (χ1v) is 12.4. The van der Waals surface area contributed by atoms with Crippen LogP contribution >= 0.6 is 11.3 Å². The second kappa shape index (κ2) is 10.5. The van der Waals surface area contributed by atoms with E-state index in [1.165, 1.54) is 31.4 Å². The van der Waals surface area contributed by atoms with Crippen LogP contribution in [0.5, 0.6) is 5.75 Å². The number of ketones is 1. The summed E-state index contributed by atoms with van der Waals surface area (Å²) in [5.74, 6) is -2.73. The van der Waals surface area contributed by atoms with Gasteiger partial charge in [-0.15, -0.1) is 0 Å². The first kappa shape index (κ1) is 26.0. The molecule has 192 valence electrons. The molecule has 2 heterocycles. The van der Waals surface area contributed by atoms with Gasteiger partial charge in [0.1, 0.15) is 22.2 Å². The molecule has 1 aliphatic heterocycles. The minimum absolute atomic E-state index is 0.0767. The van der Waals surface area contributed by atoms with Gasteiger partial charge in [-0.2, -0.15) is 0 Å². The summed E-state index contributed by atoms with van der Waals surface area (Å²) in [6, 6.07) is 9.12. The maximum absolute atomic E-state index is 13.7. The number of nitrogens with zero attached hydrogens (tertiary/aromatic N) is 2. The van der Waals surface area contributed by atoms with Crippen molar-refractivity contribution in [3.63, 3.8) is 0 Å². The van der Waals surface area contributed by atoms with Crippen molar-refractivity contribution >= 4 is 39.9 Å². The molecular weight excluding hydrogens is 499 g/mol. The normalized spacial score (nSPS) is 16.8. The maximum Gasteiger partial charge on any atom is 0.350 e. The molecule has 0 saturated carbocycles. The van der Waals surface area contributed by atoms with Gasteiger partial charge in [0.05, 0.1) is 31.0 Å². The van der Waals surface area contributed by atoms with Crippen LogP contribution in [0, 0.1) is 19.7 Å². The Balaban J connectivity index is 1.88. The smallest absolute Gasteiger partial charge is 0.350 e. The third-order valence-corrected chi connectivity index (χ3v) is 7.04. The molecule has 0 unspecified atom stereocenters. The number of Topliss-reactive ketones (excluding diaryl/α,β-unsaturated/α-hetero) is 1. The fraction of sp³-hybridized carbons (Fsp3) is 0.259. The Bertz CT molecular complexity index is 1410. The first-order valence-electron chi connectivity index (χ1n) is 11.5. The van der Waals surface area contributed by atoms with E-state index in [1.54, 1.807) is 25.1 Å². The Labute approximate surface area is 217 Å². The van der Waals surface area contributed by atoms with Gasteiger partial charge in [0.25, 0.3) is 5.78 Å². The van der Waals surface area contributed by atoms with Gasteiger partial charge in [-0.3, -0.25) is 14.5 Å². The van der Waals surface area contributed by atoms with Gasteiger partial charge in [-0.05, 0) is 61.7 Å². The highest BCUT2D eigenvalue weighted by molar-refractivity contribution is 7.17. The van der Waals surface area contributed by atoms with Crippen LogP contribution in [-0.2, 0) is 14.3 Å². The van der Waals surface area contributed by atoms with Crippen LogP contribution in [0.25, 0.3) is 5.76 Å². The summed E-state index contributed by atoms with van der Waals surface area (Å²) in [6.07, 6.45) is 0.830. The fourth-order valence-electron chi connectivity index (χ4n) is 4.08. The van der Waals surface area contributed by atoms with Crippen molar-refractivity contribution in [2.45, 2.75) is 33.2 Å². The highest BCUT2D eigenvalue weighted by Gasteiger charge is 2.48. The Kier molecular flexibility index (Phi) is 7.40. The predicted octanol–water partition coefficient (Wildman–Crippen LogP) is 5.10. The molecule has 10 heteroatoms. The molecule has 1 N–H and O–H groups in total. The van der Waals surface area contributed by atoms with Crippen molar-refractivity contribution in [3.8, 4) is 5.75 Å². The van der Waals surface area contributed by atoms with Gasteiger partial charge in [0, 0.05) is 5.56 Å². The van der Waals surface area contributed by atoms with Crippen LogP contribution in [0.15, 0.2) is 48.0 Å². The van der Waals surface area contributed by atoms with Crippen LogP contribution < -0.4 is 9.64 Å². The average Bonchev–Trinajstić information content (AvgIpc) is 3.39. The Morgan fingerprint density at radius 3 is 2.49 bits per heavy atom. The standard InChI is InChI=1S/C27H25FN2O6S/c1-5-12-36-19-11-8-17(13-14(19)2)22(31)20-21(16-6-9-18(28)10-7-16)30(25(33)23(20)32)27-29-15(3)24(37-27)26(34)35-4/h6-11,13,21,31H,5,12H2,1-4H3/t21-/m0/s1. The molecule has 37 heavy (non-hydrogen) atoms. The number of rotatable bonds is 7. The van der Waals surface area contributed by atoms with Crippen LogP contribution in [-0.4, -0.2) is 41.5 Å². The van der Waals surface area contributed by atoms with E-state index < -0.39 is 29.5 Å². The van der Waals surface area contributed by atoms with E-state index in [4.69, 9.17) is 9.47 Å². The van der Waals surface area contributed by atoms with Crippen molar-refractivity contribution in [1.29, 1.82) is 0 Å². The number of hydrogen-bond acceptors (Lipinski definition) is 8. The van der Waals surface area contributed by atoms with Gasteiger partial charge >= 0.3 is 11.9 Å². The summed E-state index contributed by atoms with van der Waals surface area (Å²) < 4.78 is 24.2. The number of carbonyl (C=O) groups is 3. The number of aliphatic hydroxyl groups excluding tert-OH is 1. The zero-order chi connectivity index (χ0) is 26.9. The lowest BCUT2D eigenvalue weighted by Gasteiger charge is -2.23. The van der Waals surface area contributed by atoms with E-state index in [0.29, 0.717) is 29.2 Å². The number of halogens is 1. The highest BCUT2D eigenvalue weighted by Crippen LogP contribution is 2.44. The largest absolute Gasteiger partial charge is 0.507 e. The van der Waals surface area contributed by atoms with E-state index in [1.807, 2.05) is 13.8 Å². The molecule has 1 aliphatic rings. The second-order valence-electron chi connectivity index (χ2n) is 8.45. The van der Waals surface area contributed by atoms with E-state index in [0.717, 1.165) is 28.2 Å². The van der Waals surface area contributed by atoms with Gasteiger partial charge in [-0.1, -0.05) is 30.4 Å². The van der Waals surface area contributed by atoms with E-state index >= 15 is 0 Å². The number of methoxy groups -OCH3 is 1. The zero-order valence-corrected chi connectivity index (χ0v) is 21.5. The van der Waals surface area contributed by atoms with E-state index in [2.05, 4.69) is 4.98 Å². The van der Waals surface area contributed by atoms with Crippen molar-refractivity contribution in [1.82, 2.24) is 4.98 Å². The monoisotopic (exact) mass is 524 g/mol. The van der Waals surface area contributed by atoms with Crippen molar-refractivity contribution in [3.05, 3.63) is 81.1 Å². The van der Waals surface area contributed by atoms with Crippen molar-refractivity contribution < 1.29 is 33.4 Å². The predicted molar refractivity (Wildman–Crippen MR) is 136 cm³/mol. The summed E-state index contributed by atoms with van der Waals surface area (Å²) in [6.45, 7) is 5.91. The number of carbonyl (C=O) groups excluding carboxylic acids is 3. The second-order valence-corrected chi connectivity index (χ2v) is 9.43. The molecule has 1 aromatic heterocycles. The molecule has 0 aliphatic carbocycles. The summed E-state index contributed by atoms with van der Waals surface area (Å²) in [5.41, 5.74) is 1.59. The van der Waals surface area contributed by atoms with Crippen LogP contribution in [0.2, 0.25) is 0 Å². The lowest BCUT2D eigenvalue weighted by atomic mass is 9.95. The molecule has 0 spiro atoms. The summed E-state index contributed by atoms with van der Waals surface area (Å²) in [5, 5.41) is 11.4. The number of benzene rings is 2. The summed E-state index contributed by atoms with van der Waals surface area (Å²) in [4.78, 5) is 44.4. The van der Waals surface area contributed by atoms with Crippen LogP contribution in [0.4, 0.5) is 9.52 Å². The third kappa shape index (κ3) is 4.84. The van der Waals surface area contributed by atoms with E-state index in [9.17, 15) is 23.9 Å². The number of aromatic nitrogens is 1. The molecule has 8 nitrogen and oxygen atoms in total. The fourth-order valence-corrected chi connectivity index (χ4v) is 5.10. The molecule has 3 aromatic rings.